The number of rotatable bonds is 4. The fourth-order valence-electron chi connectivity index (χ4n) is 1.24. The van der Waals surface area contributed by atoms with Crippen molar-refractivity contribution in [3.63, 3.8) is 0 Å². The molecule has 0 aliphatic rings. The summed E-state index contributed by atoms with van der Waals surface area (Å²) >= 11 is 0. The Hall–Kier alpha value is -1.84. The zero-order valence-corrected chi connectivity index (χ0v) is 7.69. The largest absolute Gasteiger partial charge is 0.370 e. The molecule has 0 fully saturated rings. The van der Waals surface area contributed by atoms with Gasteiger partial charge in [-0.15, -0.1) is 0 Å². The average Bonchev–Trinajstić information content (AvgIpc) is 2.15. The van der Waals surface area contributed by atoms with Crippen molar-refractivity contribution < 1.29 is 9.59 Å². The SMILES string of the molecule is NC(=O)CCc1ccccc1C(N)=O. The summed E-state index contributed by atoms with van der Waals surface area (Å²) in [6.45, 7) is 0. The first-order chi connectivity index (χ1) is 6.61. The monoisotopic (exact) mass is 192 g/mol. The van der Waals surface area contributed by atoms with Crippen molar-refractivity contribution in [3.8, 4) is 0 Å². The summed E-state index contributed by atoms with van der Waals surface area (Å²) < 4.78 is 0. The molecule has 4 heteroatoms. The quantitative estimate of drug-likeness (QED) is 0.714. The van der Waals surface area contributed by atoms with Crippen LogP contribution in [-0.4, -0.2) is 11.8 Å². The molecule has 0 radical (unpaired) electrons. The van der Waals surface area contributed by atoms with E-state index in [9.17, 15) is 9.59 Å². The molecule has 0 heterocycles. The Balaban J connectivity index is 2.84. The Kier molecular flexibility index (Phi) is 3.23. The molecule has 1 aromatic carbocycles. The second kappa shape index (κ2) is 4.41. The fraction of sp³-hybridized carbons (Fsp3) is 0.200. The zero-order valence-electron chi connectivity index (χ0n) is 7.69. The second-order valence-corrected chi connectivity index (χ2v) is 2.99. The summed E-state index contributed by atoms with van der Waals surface area (Å²) in [5.41, 5.74) is 11.4. The summed E-state index contributed by atoms with van der Waals surface area (Å²) in [7, 11) is 0. The Labute approximate surface area is 81.9 Å². The molecule has 1 aromatic rings. The highest BCUT2D eigenvalue weighted by molar-refractivity contribution is 5.94. The van der Waals surface area contributed by atoms with Gasteiger partial charge in [0.05, 0.1) is 0 Å². The lowest BCUT2D eigenvalue weighted by atomic mass is 10.0. The molecule has 0 aromatic heterocycles. The highest BCUT2D eigenvalue weighted by atomic mass is 16.1. The summed E-state index contributed by atoms with van der Waals surface area (Å²) in [5, 5.41) is 0. The third-order valence-electron chi connectivity index (χ3n) is 1.92. The van der Waals surface area contributed by atoms with Gasteiger partial charge < -0.3 is 11.5 Å². The minimum Gasteiger partial charge on any atom is -0.370 e. The van der Waals surface area contributed by atoms with Crippen LogP contribution in [0.4, 0.5) is 0 Å². The summed E-state index contributed by atoms with van der Waals surface area (Å²) in [6, 6.07) is 6.93. The first kappa shape index (κ1) is 10.2. The van der Waals surface area contributed by atoms with Crippen LogP contribution in [0.3, 0.4) is 0 Å². The first-order valence-corrected chi connectivity index (χ1v) is 4.27. The van der Waals surface area contributed by atoms with Crippen molar-refractivity contribution in [1.82, 2.24) is 0 Å². The summed E-state index contributed by atoms with van der Waals surface area (Å²) in [6.07, 6.45) is 0.679. The lowest BCUT2D eigenvalue weighted by Crippen LogP contribution is -2.16. The zero-order chi connectivity index (χ0) is 10.6. The van der Waals surface area contributed by atoms with Gasteiger partial charge in [-0.2, -0.15) is 0 Å². The molecular weight excluding hydrogens is 180 g/mol. The number of carbonyl (C=O) groups excluding carboxylic acids is 2. The van der Waals surface area contributed by atoms with Crippen molar-refractivity contribution >= 4 is 11.8 Å². The Morgan fingerprint density at radius 2 is 1.79 bits per heavy atom. The maximum Gasteiger partial charge on any atom is 0.248 e. The number of carbonyl (C=O) groups is 2. The van der Waals surface area contributed by atoms with Crippen molar-refractivity contribution in [2.75, 3.05) is 0 Å². The average molecular weight is 192 g/mol. The van der Waals surface area contributed by atoms with E-state index in [0.29, 0.717) is 12.0 Å². The van der Waals surface area contributed by atoms with Crippen LogP contribution >= 0.6 is 0 Å². The minimum absolute atomic E-state index is 0.226. The maximum atomic E-state index is 11.0. The molecule has 0 saturated heterocycles. The van der Waals surface area contributed by atoms with Gasteiger partial charge in [0, 0.05) is 12.0 Å². The van der Waals surface area contributed by atoms with E-state index in [0.717, 1.165) is 5.56 Å². The van der Waals surface area contributed by atoms with Gasteiger partial charge in [-0.3, -0.25) is 9.59 Å². The fourth-order valence-corrected chi connectivity index (χ4v) is 1.24. The van der Waals surface area contributed by atoms with Crippen LogP contribution in [0.15, 0.2) is 24.3 Å². The number of hydrogen-bond donors (Lipinski definition) is 2. The minimum atomic E-state index is -0.481. The number of amides is 2. The number of nitrogens with two attached hydrogens (primary N) is 2. The predicted octanol–water partition coefficient (Wildman–Crippen LogP) is 0.203. The number of benzene rings is 1. The molecule has 0 unspecified atom stereocenters. The van der Waals surface area contributed by atoms with E-state index in [1.54, 1.807) is 24.3 Å². The molecule has 1 rings (SSSR count). The predicted molar refractivity (Wildman–Crippen MR) is 52.5 cm³/mol. The van der Waals surface area contributed by atoms with Crippen molar-refractivity contribution in [1.29, 1.82) is 0 Å². The molecule has 0 saturated carbocycles. The van der Waals surface area contributed by atoms with Crippen molar-refractivity contribution in [2.45, 2.75) is 12.8 Å². The molecule has 0 bridgehead atoms. The molecule has 14 heavy (non-hydrogen) atoms. The van der Waals surface area contributed by atoms with Gasteiger partial charge in [-0.25, -0.2) is 0 Å². The van der Waals surface area contributed by atoms with Crippen LogP contribution in [0, 0.1) is 0 Å². The molecule has 0 spiro atoms. The standard InChI is InChI=1S/C10H12N2O2/c11-9(13)6-5-7-3-1-2-4-8(7)10(12)14/h1-4H,5-6H2,(H2,11,13)(H2,12,14). The van der Waals surface area contributed by atoms with Crippen LogP contribution in [0.5, 0.6) is 0 Å². The van der Waals surface area contributed by atoms with E-state index in [1.165, 1.54) is 0 Å². The molecular formula is C10H12N2O2. The third-order valence-corrected chi connectivity index (χ3v) is 1.92. The topological polar surface area (TPSA) is 86.2 Å². The van der Waals surface area contributed by atoms with Crippen LogP contribution in [-0.2, 0) is 11.2 Å². The van der Waals surface area contributed by atoms with E-state index >= 15 is 0 Å². The van der Waals surface area contributed by atoms with Crippen LogP contribution in [0.1, 0.15) is 22.3 Å². The van der Waals surface area contributed by atoms with Crippen LogP contribution < -0.4 is 11.5 Å². The van der Waals surface area contributed by atoms with Gasteiger partial charge in [0.15, 0.2) is 0 Å². The van der Waals surface area contributed by atoms with Gasteiger partial charge in [0.2, 0.25) is 11.8 Å². The van der Waals surface area contributed by atoms with E-state index in [4.69, 9.17) is 11.5 Å². The lowest BCUT2D eigenvalue weighted by Gasteiger charge is -2.04. The van der Waals surface area contributed by atoms with Crippen LogP contribution in [0.25, 0.3) is 0 Å². The number of primary amides is 2. The molecule has 4 nitrogen and oxygen atoms in total. The Morgan fingerprint density at radius 1 is 1.14 bits per heavy atom. The third kappa shape index (κ3) is 2.58. The van der Waals surface area contributed by atoms with Gasteiger partial charge in [-0.05, 0) is 18.1 Å². The molecule has 4 N–H and O–H groups in total. The van der Waals surface area contributed by atoms with Gasteiger partial charge in [-0.1, -0.05) is 18.2 Å². The smallest absolute Gasteiger partial charge is 0.248 e. The maximum absolute atomic E-state index is 11.0. The highest BCUT2D eigenvalue weighted by Crippen LogP contribution is 2.09. The van der Waals surface area contributed by atoms with E-state index in [1.807, 2.05) is 0 Å². The van der Waals surface area contributed by atoms with E-state index in [2.05, 4.69) is 0 Å². The number of aryl methyl sites for hydroxylation is 1. The summed E-state index contributed by atoms with van der Waals surface area (Å²) in [5.74, 6) is -0.866. The molecule has 0 aliphatic heterocycles. The second-order valence-electron chi connectivity index (χ2n) is 2.99. The van der Waals surface area contributed by atoms with Gasteiger partial charge >= 0.3 is 0 Å². The highest BCUT2D eigenvalue weighted by Gasteiger charge is 2.07. The van der Waals surface area contributed by atoms with Crippen molar-refractivity contribution in [2.24, 2.45) is 11.5 Å². The Morgan fingerprint density at radius 3 is 2.36 bits per heavy atom. The first-order valence-electron chi connectivity index (χ1n) is 4.27. The molecule has 2 amide bonds. The Bertz CT molecular complexity index is 361. The lowest BCUT2D eigenvalue weighted by molar-refractivity contribution is -0.117. The van der Waals surface area contributed by atoms with Gasteiger partial charge in [0.25, 0.3) is 0 Å². The van der Waals surface area contributed by atoms with Crippen LogP contribution in [0.2, 0.25) is 0 Å². The molecule has 74 valence electrons. The molecule has 0 aliphatic carbocycles. The number of hydrogen-bond acceptors (Lipinski definition) is 2. The normalized spacial score (nSPS) is 9.71. The van der Waals surface area contributed by atoms with Gasteiger partial charge in [0.1, 0.15) is 0 Å². The van der Waals surface area contributed by atoms with Crippen molar-refractivity contribution in [3.05, 3.63) is 35.4 Å². The molecule has 0 atom stereocenters. The van der Waals surface area contributed by atoms with E-state index < -0.39 is 5.91 Å². The van der Waals surface area contributed by atoms with E-state index in [-0.39, 0.29) is 12.3 Å². The summed E-state index contributed by atoms with van der Waals surface area (Å²) in [4.78, 5) is 21.5.